The van der Waals surface area contributed by atoms with E-state index >= 15 is 0 Å². The first-order chi connectivity index (χ1) is 18.5. The second kappa shape index (κ2) is 13.8. The van der Waals surface area contributed by atoms with Crippen molar-refractivity contribution < 1.29 is 18.0 Å². The Hall–Kier alpha value is -3.07. The number of nitrogens with one attached hydrogen (secondary N) is 1. The van der Waals surface area contributed by atoms with Crippen molar-refractivity contribution in [1.29, 1.82) is 0 Å². The molecule has 0 radical (unpaired) electrons. The Bertz CT molecular complexity index is 1400. The van der Waals surface area contributed by atoms with Crippen LogP contribution >= 0.6 is 23.2 Å². The third-order valence-electron chi connectivity index (χ3n) is 6.23. The van der Waals surface area contributed by atoms with Crippen LogP contribution in [0.5, 0.6) is 0 Å². The van der Waals surface area contributed by atoms with Crippen molar-refractivity contribution in [2.45, 2.75) is 51.1 Å². The fourth-order valence-corrected chi connectivity index (χ4v) is 5.73. The van der Waals surface area contributed by atoms with Gasteiger partial charge in [0.1, 0.15) is 12.6 Å². The topological polar surface area (TPSA) is 86.8 Å². The maximum atomic E-state index is 13.9. The van der Waals surface area contributed by atoms with Gasteiger partial charge in [-0.15, -0.1) is 0 Å². The van der Waals surface area contributed by atoms with Crippen molar-refractivity contribution in [2.75, 3.05) is 17.4 Å². The molecule has 0 saturated carbocycles. The van der Waals surface area contributed by atoms with E-state index < -0.39 is 28.5 Å². The molecule has 0 saturated heterocycles. The predicted molar refractivity (Wildman–Crippen MR) is 157 cm³/mol. The maximum Gasteiger partial charge on any atom is 0.264 e. The molecule has 0 aliphatic heterocycles. The molecule has 0 aliphatic carbocycles. The van der Waals surface area contributed by atoms with E-state index in [1.54, 1.807) is 61.5 Å². The minimum atomic E-state index is -4.10. The summed E-state index contributed by atoms with van der Waals surface area (Å²) in [5, 5.41) is 3.54. The van der Waals surface area contributed by atoms with Crippen molar-refractivity contribution in [2.24, 2.45) is 0 Å². The molecule has 0 aromatic heterocycles. The molecule has 7 nitrogen and oxygen atoms in total. The molecule has 0 fully saturated rings. The number of hydrogen-bond donors (Lipinski definition) is 1. The zero-order valence-corrected chi connectivity index (χ0v) is 24.6. The normalized spacial score (nSPS) is 12.0. The van der Waals surface area contributed by atoms with Gasteiger partial charge in [0, 0.05) is 13.1 Å². The highest BCUT2D eigenvalue weighted by Crippen LogP contribution is 2.26. The highest BCUT2D eigenvalue weighted by Gasteiger charge is 2.32. The predicted octanol–water partition coefficient (Wildman–Crippen LogP) is 5.83. The SMILES string of the molecule is CCCCNC(=O)C(C)N(Cc1ccc(Cl)c(Cl)c1)C(=O)CN(c1cccc(C)c1)S(=O)(=O)c1ccccc1. The summed E-state index contributed by atoms with van der Waals surface area (Å²) in [6, 6.07) is 19.0. The van der Waals surface area contributed by atoms with E-state index in [1.165, 1.54) is 17.0 Å². The van der Waals surface area contributed by atoms with Gasteiger partial charge in [-0.1, -0.05) is 72.9 Å². The average molecular weight is 591 g/mol. The Morgan fingerprint density at radius 1 is 0.949 bits per heavy atom. The smallest absolute Gasteiger partial charge is 0.264 e. The lowest BCUT2D eigenvalue weighted by Gasteiger charge is -2.32. The molecule has 0 spiro atoms. The number of anilines is 1. The summed E-state index contributed by atoms with van der Waals surface area (Å²) in [6.45, 7) is 5.49. The number of carbonyl (C=O) groups excluding carboxylic acids is 2. The third-order valence-corrected chi connectivity index (χ3v) is 8.76. The summed E-state index contributed by atoms with van der Waals surface area (Å²) in [7, 11) is -4.10. The van der Waals surface area contributed by atoms with Crippen LogP contribution in [0, 0.1) is 6.92 Å². The lowest BCUT2D eigenvalue weighted by molar-refractivity contribution is -0.139. The highest BCUT2D eigenvalue weighted by atomic mass is 35.5. The average Bonchev–Trinajstić information content (AvgIpc) is 2.92. The summed E-state index contributed by atoms with van der Waals surface area (Å²) in [6.07, 6.45) is 1.71. The first-order valence-corrected chi connectivity index (χ1v) is 14.9. The van der Waals surface area contributed by atoms with Crippen LogP contribution in [0.3, 0.4) is 0 Å². The van der Waals surface area contributed by atoms with E-state index in [-0.39, 0.29) is 17.3 Å². The second-order valence-corrected chi connectivity index (χ2v) is 11.9. The van der Waals surface area contributed by atoms with Crippen LogP contribution in [0.2, 0.25) is 10.0 Å². The maximum absolute atomic E-state index is 13.9. The van der Waals surface area contributed by atoms with Gasteiger partial charge >= 0.3 is 0 Å². The van der Waals surface area contributed by atoms with Crippen LogP contribution in [0.25, 0.3) is 0 Å². The molecule has 10 heteroatoms. The summed E-state index contributed by atoms with van der Waals surface area (Å²) in [4.78, 5) is 28.3. The number of sulfonamides is 1. The van der Waals surface area contributed by atoms with Gasteiger partial charge in [-0.3, -0.25) is 13.9 Å². The molecule has 0 aliphatic rings. The molecule has 3 rings (SSSR count). The van der Waals surface area contributed by atoms with Gasteiger partial charge in [0.2, 0.25) is 11.8 Å². The van der Waals surface area contributed by atoms with Crippen molar-refractivity contribution >= 4 is 50.7 Å². The Kier molecular flexibility index (Phi) is 10.8. The monoisotopic (exact) mass is 589 g/mol. The molecule has 0 heterocycles. The molecule has 3 aromatic carbocycles. The second-order valence-electron chi connectivity index (χ2n) is 9.25. The Balaban J connectivity index is 2.00. The lowest BCUT2D eigenvalue weighted by atomic mass is 10.1. The molecule has 39 heavy (non-hydrogen) atoms. The summed E-state index contributed by atoms with van der Waals surface area (Å²) in [5.74, 6) is -0.870. The number of nitrogens with zero attached hydrogens (tertiary/aromatic N) is 2. The van der Waals surface area contributed by atoms with Crippen LogP contribution in [-0.2, 0) is 26.2 Å². The summed E-state index contributed by atoms with van der Waals surface area (Å²) < 4.78 is 28.6. The molecule has 2 amide bonds. The number of benzene rings is 3. The van der Waals surface area contributed by atoms with E-state index in [2.05, 4.69) is 5.32 Å². The van der Waals surface area contributed by atoms with Gasteiger partial charge in [0.05, 0.1) is 20.6 Å². The lowest BCUT2D eigenvalue weighted by Crippen LogP contribution is -2.51. The molecule has 1 unspecified atom stereocenters. The van der Waals surface area contributed by atoms with Crippen molar-refractivity contribution in [3.63, 3.8) is 0 Å². The molecular weight excluding hydrogens is 557 g/mol. The summed E-state index contributed by atoms with van der Waals surface area (Å²) in [5.41, 5.74) is 1.84. The van der Waals surface area contributed by atoms with E-state index in [1.807, 2.05) is 19.9 Å². The quantitative estimate of drug-likeness (QED) is 0.269. The van der Waals surface area contributed by atoms with Crippen LogP contribution < -0.4 is 9.62 Å². The molecular formula is C29H33Cl2N3O4S. The van der Waals surface area contributed by atoms with Gasteiger partial charge in [-0.2, -0.15) is 0 Å². The van der Waals surface area contributed by atoms with Crippen molar-refractivity contribution in [3.05, 3.63) is 94.0 Å². The number of unbranched alkanes of at least 4 members (excludes halogenated alkanes) is 1. The standard InChI is InChI=1S/C29H33Cl2N3O4S/c1-4-5-16-32-29(36)22(3)33(19-23-14-15-26(30)27(31)18-23)28(35)20-34(24-11-9-10-21(2)17-24)39(37,38)25-12-7-6-8-13-25/h6-15,17-18,22H,4-5,16,19-20H2,1-3H3,(H,32,36). The molecule has 0 bridgehead atoms. The third kappa shape index (κ3) is 7.97. The zero-order chi connectivity index (χ0) is 28.6. The number of amides is 2. The van der Waals surface area contributed by atoms with Gasteiger partial charge in [-0.05, 0) is 67.8 Å². The minimum Gasteiger partial charge on any atom is -0.354 e. The number of halogens is 2. The Morgan fingerprint density at radius 3 is 2.31 bits per heavy atom. The minimum absolute atomic E-state index is 0.0329. The number of carbonyl (C=O) groups is 2. The highest BCUT2D eigenvalue weighted by molar-refractivity contribution is 7.92. The van der Waals surface area contributed by atoms with Crippen LogP contribution in [0.1, 0.15) is 37.8 Å². The zero-order valence-electron chi connectivity index (χ0n) is 22.2. The molecule has 208 valence electrons. The van der Waals surface area contributed by atoms with E-state index in [4.69, 9.17) is 23.2 Å². The number of rotatable bonds is 12. The van der Waals surface area contributed by atoms with Crippen molar-refractivity contribution in [3.8, 4) is 0 Å². The molecule has 1 N–H and O–H groups in total. The van der Waals surface area contributed by atoms with Crippen LogP contribution in [0.15, 0.2) is 77.7 Å². The van der Waals surface area contributed by atoms with Gasteiger partial charge in [-0.25, -0.2) is 8.42 Å². The van der Waals surface area contributed by atoms with Gasteiger partial charge in [0.15, 0.2) is 0 Å². The Morgan fingerprint density at radius 2 is 1.67 bits per heavy atom. The number of aryl methyl sites for hydroxylation is 1. The molecule has 3 aromatic rings. The fourth-order valence-electron chi connectivity index (χ4n) is 3.98. The van der Waals surface area contributed by atoms with Gasteiger partial charge < -0.3 is 10.2 Å². The van der Waals surface area contributed by atoms with E-state index in [0.717, 1.165) is 22.7 Å². The largest absolute Gasteiger partial charge is 0.354 e. The van der Waals surface area contributed by atoms with Gasteiger partial charge in [0.25, 0.3) is 10.0 Å². The molecule has 1 atom stereocenters. The first-order valence-electron chi connectivity index (χ1n) is 12.7. The van der Waals surface area contributed by atoms with E-state index in [0.29, 0.717) is 27.8 Å². The van der Waals surface area contributed by atoms with Crippen LogP contribution in [-0.4, -0.2) is 44.3 Å². The van der Waals surface area contributed by atoms with Crippen LogP contribution in [0.4, 0.5) is 5.69 Å². The first kappa shape index (κ1) is 30.5. The van der Waals surface area contributed by atoms with E-state index in [9.17, 15) is 18.0 Å². The van der Waals surface area contributed by atoms with Crippen molar-refractivity contribution in [1.82, 2.24) is 10.2 Å². The number of hydrogen-bond acceptors (Lipinski definition) is 4. The summed E-state index contributed by atoms with van der Waals surface area (Å²) >= 11 is 12.3. The fraction of sp³-hybridized carbons (Fsp3) is 0.310. The Labute approximate surface area is 240 Å².